The van der Waals surface area contributed by atoms with Gasteiger partial charge in [-0.15, -0.1) is 0 Å². The lowest BCUT2D eigenvalue weighted by Crippen LogP contribution is -2.55. The van der Waals surface area contributed by atoms with Crippen molar-refractivity contribution in [1.82, 2.24) is 4.90 Å². The molecule has 0 aromatic heterocycles. The molecule has 0 bridgehead atoms. The number of benzene rings is 1. The molecular weight excluding hydrogens is 236 g/mol. The normalized spacial score (nSPS) is 27.7. The van der Waals surface area contributed by atoms with Crippen molar-refractivity contribution in [2.45, 2.75) is 43.9 Å². The Morgan fingerprint density at radius 3 is 2.74 bits per heavy atom. The molecule has 2 unspecified atom stereocenters. The first-order valence-electron chi connectivity index (χ1n) is 7.18. The number of methoxy groups -OCH3 is 1. The summed E-state index contributed by atoms with van der Waals surface area (Å²) in [6.45, 7) is 1.66. The Kier molecular flexibility index (Phi) is 4.97. The summed E-state index contributed by atoms with van der Waals surface area (Å²) in [6.07, 6.45) is 4.94. The molecule has 1 aliphatic carbocycles. The Labute approximate surface area is 116 Å². The van der Waals surface area contributed by atoms with Crippen LogP contribution in [0.1, 0.15) is 31.2 Å². The van der Waals surface area contributed by atoms with Gasteiger partial charge >= 0.3 is 0 Å². The molecule has 0 amide bonds. The number of nitrogens with two attached hydrogens (primary N) is 1. The van der Waals surface area contributed by atoms with E-state index >= 15 is 0 Å². The van der Waals surface area contributed by atoms with Crippen LogP contribution in [0.4, 0.5) is 0 Å². The average molecular weight is 262 g/mol. The van der Waals surface area contributed by atoms with Gasteiger partial charge in [-0.2, -0.15) is 0 Å². The van der Waals surface area contributed by atoms with Gasteiger partial charge in [-0.3, -0.25) is 4.90 Å². The van der Waals surface area contributed by atoms with Crippen LogP contribution in [-0.4, -0.2) is 37.2 Å². The fourth-order valence-electron chi connectivity index (χ4n) is 3.20. The zero-order chi connectivity index (χ0) is 13.7. The summed E-state index contributed by atoms with van der Waals surface area (Å²) in [5.41, 5.74) is 7.55. The lowest BCUT2D eigenvalue weighted by atomic mass is 9.78. The van der Waals surface area contributed by atoms with E-state index in [1.165, 1.54) is 18.4 Å². The monoisotopic (exact) mass is 262 g/mol. The molecule has 1 fully saturated rings. The molecule has 0 saturated heterocycles. The van der Waals surface area contributed by atoms with Crippen molar-refractivity contribution in [3.63, 3.8) is 0 Å². The molecule has 1 aromatic carbocycles. The Bertz CT molecular complexity index is 382. The quantitative estimate of drug-likeness (QED) is 0.885. The van der Waals surface area contributed by atoms with E-state index in [1.807, 2.05) is 7.11 Å². The molecule has 3 nitrogen and oxygen atoms in total. The Balaban J connectivity index is 2.07. The minimum atomic E-state index is 0.0920. The molecule has 2 N–H and O–H groups in total. The molecule has 1 aromatic rings. The smallest absolute Gasteiger partial charge is 0.0589 e. The van der Waals surface area contributed by atoms with Crippen LogP contribution in [0.25, 0.3) is 0 Å². The van der Waals surface area contributed by atoms with E-state index in [0.29, 0.717) is 12.6 Å². The van der Waals surface area contributed by atoms with Crippen LogP contribution in [0.5, 0.6) is 0 Å². The van der Waals surface area contributed by atoms with E-state index in [1.54, 1.807) is 0 Å². The molecule has 0 radical (unpaired) electrons. The van der Waals surface area contributed by atoms with E-state index in [2.05, 4.69) is 42.3 Å². The second-order valence-corrected chi connectivity index (χ2v) is 5.72. The number of hydrogen-bond acceptors (Lipinski definition) is 3. The molecule has 2 atom stereocenters. The Morgan fingerprint density at radius 2 is 2.11 bits per heavy atom. The second kappa shape index (κ2) is 6.51. The second-order valence-electron chi connectivity index (χ2n) is 5.72. The van der Waals surface area contributed by atoms with Crippen LogP contribution in [-0.2, 0) is 11.3 Å². The Hall–Kier alpha value is -0.900. The van der Waals surface area contributed by atoms with E-state index < -0.39 is 0 Å². The van der Waals surface area contributed by atoms with E-state index in [9.17, 15) is 0 Å². The molecule has 0 aliphatic heterocycles. The highest BCUT2D eigenvalue weighted by Crippen LogP contribution is 2.34. The first-order chi connectivity index (χ1) is 9.20. The lowest BCUT2D eigenvalue weighted by molar-refractivity contribution is -0.0149. The lowest BCUT2D eigenvalue weighted by Gasteiger charge is -2.46. The fourth-order valence-corrected chi connectivity index (χ4v) is 3.20. The zero-order valence-electron chi connectivity index (χ0n) is 12.1. The Morgan fingerprint density at radius 1 is 1.37 bits per heavy atom. The first kappa shape index (κ1) is 14.5. The average Bonchev–Trinajstić information content (AvgIpc) is 2.48. The highest BCUT2D eigenvalue weighted by molar-refractivity contribution is 5.15. The molecule has 3 heteroatoms. The van der Waals surface area contributed by atoms with Gasteiger partial charge in [0, 0.05) is 25.7 Å². The van der Waals surface area contributed by atoms with E-state index in [0.717, 1.165) is 19.4 Å². The third-order valence-electron chi connectivity index (χ3n) is 4.56. The topological polar surface area (TPSA) is 38.5 Å². The van der Waals surface area contributed by atoms with Crippen LogP contribution in [0, 0.1) is 0 Å². The molecule has 1 saturated carbocycles. The van der Waals surface area contributed by atoms with Crippen LogP contribution in [0.2, 0.25) is 0 Å². The molecular formula is C16H26N2O. The molecule has 1 aliphatic rings. The number of ether oxygens (including phenoxy) is 1. The van der Waals surface area contributed by atoms with Gasteiger partial charge in [0.15, 0.2) is 0 Å². The summed E-state index contributed by atoms with van der Waals surface area (Å²) in [6, 6.07) is 10.6. The van der Waals surface area contributed by atoms with Gasteiger partial charge in [0.05, 0.1) is 6.10 Å². The van der Waals surface area contributed by atoms with Crippen LogP contribution in [0.15, 0.2) is 30.3 Å². The standard InChI is InChI=1S/C16H26N2O/c1-18(12-14-7-4-3-5-8-14)16(13-17)10-6-9-15(11-16)19-2/h3-5,7-8,15H,6,9-13,17H2,1-2H3. The number of likely N-dealkylation sites (N-methyl/N-ethyl adjacent to an activating group) is 1. The van der Waals surface area contributed by atoms with Crippen molar-refractivity contribution in [1.29, 1.82) is 0 Å². The maximum absolute atomic E-state index is 6.11. The van der Waals surface area contributed by atoms with Crippen molar-refractivity contribution in [3.05, 3.63) is 35.9 Å². The highest BCUT2D eigenvalue weighted by Gasteiger charge is 2.38. The van der Waals surface area contributed by atoms with Gasteiger partial charge in [-0.05, 0) is 38.3 Å². The fraction of sp³-hybridized carbons (Fsp3) is 0.625. The summed E-state index contributed by atoms with van der Waals surface area (Å²) in [5.74, 6) is 0. The minimum Gasteiger partial charge on any atom is -0.381 e. The van der Waals surface area contributed by atoms with Gasteiger partial charge in [0.2, 0.25) is 0 Å². The van der Waals surface area contributed by atoms with Gasteiger partial charge in [0.25, 0.3) is 0 Å². The summed E-state index contributed by atoms with van der Waals surface area (Å²) in [5, 5.41) is 0. The van der Waals surface area contributed by atoms with E-state index in [4.69, 9.17) is 10.5 Å². The van der Waals surface area contributed by atoms with Crippen LogP contribution < -0.4 is 5.73 Å². The van der Waals surface area contributed by atoms with Crippen LogP contribution in [0.3, 0.4) is 0 Å². The molecule has 2 rings (SSSR count). The number of hydrogen-bond donors (Lipinski definition) is 1. The summed E-state index contributed by atoms with van der Waals surface area (Å²) in [4.78, 5) is 2.42. The first-order valence-corrected chi connectivity index (χ1v) is 7.18. The highest BCUT2D eigenvalue weighted by atomic mass is 16.5. The zero-order valence-corrected chi connectivity index (χ0v) is 12.1. The third-order valence-corrected chi connectivity index (χ3v) is 4.56. The van der Waals surface area contributed by atoms with Gasteiger partial charge in [0.1, 0.15) is 0 Å². The molecule has 106 valence electrons. The van der Waals surface area contributed by atoms with Gasteiger partial charge < -0.3 is 10.5 Å². The van der Waals surface area contributed by atoms with Gasteiger partial charge in [-0.25, -0.2) is 0 Å². The maximum atomic E-state index is 6.11. The maximum Gasteiger partial charge on any atom is 0.0589 e. The minimum absolute atomic E-state index is 0.0920. The summed E-state index contributed by atoms with van der Waals surface area (Å²) < 4.78 is 5.57. The van der Waals surface area contributed by atoms with Crippen molar-refractivity contribution in [3.8, 4) is 0 Å². The molecule has 0 heterocycles. The van der Waals surface area contributed by atoms with Gasteiger partial charge in [-0.1, -0.05) is 30.3 Å². The molecule has 0 spiro atoms. The SMILES string of the molecule is COC1CCCC(CN)(N(C)Cc2ccccc2)C1. The third kappa shape index (κ3) is 3.35. The van der Waals surface area contributed by atoms with Crippen molar-refractivity contribution in [2.75, 3.05) is 20.7 Å². The van der Waals surface area contributed by atoms with Crippen molar-refractivity contribution < 1.29 is 4.74 Å². The van der Waals surface area contributed by atoms with Crippen molar-refractivity contribution in [2.24, 2.45) is 5.73 Å². The number of nitrogens with zero attached hydrogens (tertiary/aromatic N) is 1. The summed E-state index contributed by atoms with van der Waals surface area (Å²) >= 11 is 0. The molecule has 19 heavy (non-hydrogen) atoms. The number of rotatable bonds is 5. The van der Waals surface area contributed by atoms with Crippen molar-refractivity contribution >= 4 is 0 Å². The predicted molar refractivity (Wildman–Crippen MR) is 79.0 cm³/mol. The van der Waals surface area contributed by atoms with E-state index in [-0.39, 0.29) is 5.54 Å². The predicted octanol–water partition coefficient (Wildman–Crippen LogP) is 2.40. The summed E-state index contributed by atoms with van der Waals surface area (Å²) in [7, 11) is 4.01. The largest absolute Gasteiger partial charge is 0.381 e. The van der Waals surface area contributed by atoms with Crippen LogP contribution >= 0.6 is 0 Å².